The van der Waals surface area contributed by atoms with E-state index in [1.54, 1.807) is 26.8 Å². The molecule has 1 unspecified atom stereocenters. The van der Waals surface area contributed by atoms with Crippen LogP contribution in [-0.2, 0) is 22.4 Å². The lowest BCUT2D eigenvalue weighted by molar-refractivity contribution is -0.139. The van der Waals surface area contributed by atoms with Gasteiger partial charge < -0.3 is 25.2 Å². The molecule has 1 atom stereocenters. The summed E-state index contributed by atoms with van der Waals surface area (Å²) in [6.07, 6.45) is -0.804. The number of hydrogen-bond donors (Lipinski definition) is 4. The van der Waals surface area contributed by atoms with Crippen molar-refractivity contribution in [3.8, 4) is 0 Å². The van der Waals surface area contributed by atoms with Crippen molar-refractivity contribution in [2.45, 2.75) is 51.6 Å². The van der Waals surface area contributed by atoms with Crippen LogP contribution in [0.3, 0.4) is 0 Å². The van der Waals surface area contributed by atoms with Gasteiger partial charge in [-0.3, -0.25) is 0 Å². The first-order chi connectivity index (χ1) is 11.5. The van der Waals surface area contributed by atoms with Crippen molar-refractivity contribution in [1.82, 2.24) is 5.32 Å². The van der Waals surface area contributed by atoms with E-state index in [0.29, 0.717) is 5.56 Å². The minimum Gasteiger partial charge on any atom is -0.480 e. The van der Waals surface area contributed by atoms with Gasteiger partial charge in [-0.1, -0.05) is 12.1 Å². The summed E-state index contributed by atoms with van der Waals surface area (Å²) in [5, 5.41) is 29.1. The molecular formula is C16H23BFNO6. The van der Waals surface area contributed by atoms with Crippen molar-refractivity contribution in [2.75, 3.05) is 0 Å². The number of aryl methyl sites for hydroxylation is 1. The Morgan fingerprint density at radius 3 is 2.44 bits per heavy atom. The third kappa shape index (κ3) is 8.00. The molecule has 1 aromatic rings. The molecule has 25 heavy (non-hydrogen) atoms. The number of ether oxygens (including phenoxy) is 1. The van der Waals surface area contributed by atoms with E-state index in [-0.39, 0.29) is 24.7 Å². The predicted octanol–water partition coefficient (Wildman–Crippen LogP) is 1.36. The van der Waals surface area contributed by atoms with Crippen LogP contribution in [0.2, 0.25) is 6.32 Å². The molecule has 0 bridgehead atoms. The fourth-order valence-electron chi connectivity index (χ4n) is 2.08. The highest BCUT2D eigenvalue weighted by Gasteiger charge is 2.25. The monoisotopic (exact) mass is 355 g/mol. The smallest absolute Gasteiger partial charge is 0.451 e. The SMILES string of the molecule is CC(C)(C)OC(=O)NC(Cc1ccc(CCB(O)O)cc1F)C(=O)O. The maximum absolute atomic E-state index is 14.1. The Bertz CT molecular complexity index is 617. The van der Waals surface area contributed by atoms with Crippen molar-refractivity contribution < 1.29 is 33.9 Å². The van der Waals surface area contributed by atoms with Gasteiger partial charge >= 0.3 is 19.2 Å². The highest BCUT2D eigenvalue weighted by Crippen LogP contribution is 2.15. The molecule has 4 N–H and O–H groups in total. The molecule has 0 spiro atoms. The third-order valence-electron chi connectivity index (χ3n) is 3.22. The lowest BCUT2D eigenvalue weighted by atomic mass is 9.82. The van der Waals surface area contributed by atoms with Crippen LogP contribution in [0.4, 0.5) is 9.18 Å². The molecule has 7 nitrogen and oxygen atoms in total. The number of carboxylic acids is 1. The molecule has 0 aromatic heterocycles. The zero-order chi connectivity index (χ0) is 19.2. The second-order valence-electron chi connectivity index (χ2n) is 6.69. The van der Waals surface area contributed by atoms with Crippen molar-refractivity contribution >= 4 is 19.2 Å². The number of alkyl carbamates (subject to hydrolysis) is 1. The topological polar surface area (TPSA) is 116 Å². The standard InChI is InChI=1S/C16H23BFNO6/c1-16(2,3)25-15(22)19-13(14(20)21)9-11-5-4-10(8-12(11)18)6-7-17(23)24/h4-5,8,13,23-24H,6-7,9H2,1-3H3,(H,19,22)(H,20,21). The van der Waals surface area contributed by atoms with Crippen LogP contribution in [0.25, 0.3) is 0 Å². The van der Waals surface area contributed by atoms with Crippen LogP contribution in [0.15, 0.2) is 18.2 Å². The van der Waals surface area contributed by atoms with Gasteiger partial charge in [0.1, 0.15) is 17.5 Å². The second-order valence-corrected chi connectivity index (χ2v) is 6.69. The van der Waals surface area contributed by atoms with Crippen LogP contribution >= 0.6 is 0 Å². The van der Waals surface area contributed by atoms with Crippen molar-refractivity contribution in [3.63, 3.8) is 0 Å². The first-order valence-corrected chi connectivity index (χ1v) is 7.83. The van der Waals surface area contributed by atoms with E-state index in [4.69, 9.17) is 14.8 Å². The van der Waals surface area contributed by atoms with Gasteiger partial charge in [0, 0.05) is 6.42 Å². The number of aliphatic carboxylic acids is 1. The molecule has 138 valence electrons. The average molecular weight is 355 g/mol. The Morgan fingerprint density at radius 2 is 1.96 bits per heavy atom. The summed E-state index contributed by atoms with van der Waals surface area (Å²) >= 11 is 0. The molecule has 0 aliphatic carbocycles. The summed E-state index contributed by atoms with van der Waals surface area (Å²) in [4.78, 5) is 23.0. The van der Waals surface area contributed by atoms with Gasteiger partial charge in [0.15, 0.2) is 0 Å². The lowest BCUT2D eigenvalue weighted by Gasteiger charge is -2.22. The summed E-state index contributed by atoms with van der Waals surface area (Å²) in [6, 6.07) is 2.87. The molecule has 1 rings (SSSR count). The number of hydrogen-bond acceptors (Lipinski definition) is 5. The number of carbonyl (C=O) groups excluding carboxylic acids is 1. The number of halogens is 1. The number of carbonyl (C=O) groups is 2. The Morgan fingerprint density at radius 1 is 1.32 bits per heavy atom. The third-order valence-corrected chi connectivity index (χ3v) is 3.22. The maximum Gasteiger partial charge on any atom is 0.451 e. The maximum atomic E-state index is 14.1. The van der Waals surface area contributed by atoms with Crippen LogP contribution in [0.5, 0.6) is 0 Å². The molecule has 0 aliphatic rings. The second kappa shape index (κ2) is 8.82. The minimum absolute atomic E-state index is 0.0662. The zero-order valence-electron chi connectivity index (χ0n) is 14.5. The summed E-state index contributed by atoms with van der Waals surface area (Å²) in [5.41, 5.74) is -0.102. The Kier molecular flexibility index (Phi) is 7.38. The van der Waals surface area contributed by atoms with Crippen LogP contribution in [-0.4, -0.2) is 46.0 Å². The van der Waals surface area contributed by atoms with Crippen LogP contribution in [0, 0.1) is 5.82 Å². The van der Waals surface area contributed by atoms with Crippen molar-refractivity contribution in [2.24, 2.45) is 0 Å². The molecule has 0 fully saturated rings. The predicted molar refractivity (Wildman–Crippen MR) is 89.6 cm³/mol. The Hall–Kier alpha value is -2.13. The van der Waals surface area contributed by atoms with Gasteiger partial charge in [-0.05, 0) is 50.7 Å². The average Bonchev–Trinajstić information content (AvgIpc) is 2.44. The number of amides is 1. The number of benzene rings is 1. The molecule has 1 aromatic carbocycles. The Balaban J connectivity index is 2.78. The van der Waals surface area contributed by atoms with E-state index in [0.717, 1.165) is 0 Å². The molecule has 1 amide bonds. The number of rotatable bonds is 7. The fourth-order valence-corrected chi connectivity index (χ4v) is 2.08. The van der Waals surface area contributed by atoms with Gasteiger partial charge in [0.05, 0.1) is 0 Å². The largest absolute Gasteiger partial charge is 0.480 e. The molecule has 9 heteroatoms. The van der Waals surface area contributed by atoms with Gasteiger partial charge in [-0.25, -0.2) is 14.0 Å². The lowest BCUT2D eigenvalue weighted by Crippen LogP contribution is -2.44. The summed E-state index contributed by atoms with van der Waals surface area (Å²) in [5.74, 6) is -1.93. The highest BCUT2D eigenvalue weighted by atomic mass is 19.1. The van der Waals surface area contributed by atoms with E-state index >= 15 is 0 Å². The van der Waals surface area contributed by atoms with E-state index in [1.165, 1.54) is 12.1 Å². The van der Waals surface area contributed by atoms with Gasteiger partial charge in [0.25, 0.3) is 0 Å². The van der Waals surface area contributed by atoms with Crippen LogP contribution < -0.4 is 5.32 Å². The molecule has 0 saturated heterocycles. The zero-order valence-corrected chi connectivity index (χ0v) is 14.5. The number of carboxylic acid groups (broad SMARTS) is 1. The van der Waals surface area contributed by atoms with E-state index in [2.05, 4.69) is 5.32 Å². The molecule has 0 saturated carbocycles. The molecular weight excluding hydrogens is 332 g/mol. The minimum atomic E-state index is -1.47. The number of nitrogens with one attached hydrogen (secondary N) is 1. The Labute approximate surface area is 146 Å². The van der Waals surface area contributed by atoms with Gasteiger partial charge in [-0.2, -0.15) is 0 Å². The van der Waals surface area contributed by atoms with Crippen molar-refractivity contribution in [1.29, 1.82) is 0 Å². The van der Waals surface area contributed by atoms with Crippen molar-refractivity contribution in [3.05, 3.63) is 35.1 Å². The van der Waals surface area contributed by atoms with Gasteiger partial charge in [0.2, 0.25) is 0 Å². The molecule has 0 aliphatic heterocycles. The highest BCUT2D eigenvalue weighted by molar-refractivity contribution is 6.40. The summed E-state index contributed by atoms with van der Waals surface area (Å²) < 4.78 is 19.2. The fraction of sp³-hybridized carbons (Fsp3) is 0.500. The molecule has 0 radical (unpaired) electrons. The van der Waals surface area contributed by atoms with E-state index in [1.807, 2.05) is 0 Å². The normalized spacial score (nSPS) is 12.4. The first kappa shape index (κ1) is 20.9. The van der Waals surface area contributed by atoms with Gasteiger partial charge in [-0.15, -0.1) is 0 Å². The summed E-state index contributed by atoms with van der Waals surface area (Å²) in [6.45, 7) is 4.93. The van der Waals surface area contributed by atoms with E-state index in [9.17, 15) is 19.1 Å². The quantitative estimate of drug-likeness (QED) is 0.549. The summed E-state index contributed by atoms with van der Waals surface area (Å²) in [7, 11) is -1.47. The van der Waals surface area contributed by atoms with E-state index < -0.39 is 36.6 Å². The first-order valence-electron chi connectivity index (χ1n) is 7.83. The molecule has 0 heterocycles. The van der Waals surface area contributed by atoms with Crippen LogP contribution in [0.1, 0.15) is 31.9 Å².